The highest BCUT2D eigenvalue weighted by Crippen LogP contribution is 2.31. The van der Waals surface area contributed by atoms with Gasteiger partial charge >= 0.3 is 0 Å². The summed E-state index contributed by atoms with van der Waals surface area (Å²) < 4.78 is 5.26. The van der Waals surface area contributed by atoms with Gasteiger partial charge < -0.3 is 15.4 Å². The van der Waals surface area contributed by atoms with E-state index in [2.05, 4.69) is 10.6 Å². The predicted octanol–water partition coefficient (Wildman–Crippen LogP) is 2.33. The molecule has 2 aliphatic rings. The zero-order valence-electron chi connectivity index (χ0n) is 12.6. The summed E-state index contributed by atoms with van der Waals surface area (Å²) in [5, 5.41) is 8.82. The van der Waals surface area contributed by atoms with Crippen LogP contribution in [0, 0.1) is 5.92 Å². The molecule has 3 atom stereocenters. The number of carbonyl (C=O) groups is 1. The van der Waals surface area contributed by atoms with E-state index in [-0.39, 0.29) is 5.91 Å². The second kappa shape index (κ2) is 5.29. The Labute approximate surface area is 129 Å². The van der Waals surface area contributed by atoms with Crippen LogP contribution in [0.1, 0.15) is 23.2 Å². The molecule has 1 saturated heterocycles. The number of hydrogen-bond acceptors (Lipinski definition) is 3. The van der Waals surface area contributed by atoms with Gasteiger partial charge in [-0.15, -0.1) is 0 Å². The van der Waals surface area contributed by atoms with Crippen LogP contribution in [0.25, 0.3) is 10.8 Å². The zero-order valence-corrected chi connectivity index (χ0v) is 12.6. The van der Waals surface area contributed by atoms with Crippen molar-refractivity contribution in [1.29, 1.82) is 0 Å². The fourth-order valence-corrected chi connectivity index (χ4v) is 3.76. The molecule has 22 heavy (non-hydrogen) atoms. The number of benzene rings is 2. The molecule has 1 heterocycles. The van der Waals surface area contributed by atoms with Crippen LogP contribution in [0.3, 0.4) is 0 Å². The summed E-state index contributed by atoms with van der Waals surface area (Å²) in [4.78, 5) is 12.5. The van der Waals surface area contributed by atoms with Crippen LogP contribution in [-0.2, 0) is 0 Å². The lowest BCUT2D eigenvalue weighted by Crippen LogP contribution is -2.44. The van der Waals surface area contributed by atoms with Gasteiger partial charge in [0, 0.05) is 24.2 Å². The highest BCUT2D eigenvalue weighted by molar-refractivity contribution is 5.99. The average Bonchev–Trinajstić information content (AvgIpc) is 3.16. The van der Waals surface area contributed by atoms with Gasteiger partial charge in [0.1, 0.15) is 5.75 Å². The maximum atomic E-state index is 12.5. The molecule has 4 nitrogen and oxygen atoms in total. The van der Waals surface area contributed by atoms with Crippen molar-refractivity contribution in [3.63, 3.8) is 0 Å². The first-order chi connectivity index (χ1) is 10.7. The first-order valence-electron chi connectivity index (χ1n) is 7.85. The lowest BCUT2D eigenvalue weighted by atomic mass is 10.0. The van der Waals surface area contributed by atoms with Crippen LogP contribution in [0.4, 0.5) is 0 Å². The van der Waals surface area contributed by atoms with Crippen molar-refractivity contribution in [2.75, 3.05) is 13.7 Å². The Morgan fingerprint density at radius 3 is 2.77 bits per heavy atom. The second-order valence-electron chi connectivity index (χ2n) is 6.34. The number of carbonyl (C=O) groups excluding carboxylic acids is 1. The number of ether oxygens (including phenoxy) is 1. The van der Waals surface area contributed by atoms with E-state index in [9.17, 15) is 4.79 Å². The Balaban J connectivity index is 1.56. The predicted molar refractivity (Wildman–Crippen MR) is 86.3 cm³/mol. The second-order valence-corrected chi connectivity index (χ2v) is 6.34. The summed E-state index contributed by atoms with van der Waals surface area (Å²) in [5.74, 6) is 1.43. The van der Waals surface area contributed by atoms with Crippen LogP contribution < -0.4 is 15.4 Å². The summed E-state index contributed by atoms with van der Waals surface area (Å²) >= 11 is 0. The van der Waals surface area contributed by atoms with Crippen molar-refractivity contribution in [2.45, 2.75) is 24.9 Å². The number of nitrogens with one attached hydrogen (secondary N) is 2. The van der Waals surface area contributed by atoms with E-state index in [1.165, 1.54) is 6.42 Å². The molecule has 2 fully saturated rings. The molecule has 0 aromatic heterocycles. The van der Waals surface area contributed by atoms with Gasteiger partial charge in [-0.2, -0.15) is 0 Å². The number of rotatable bonds is 3. The maximum absolute atomic E-state index is 12.5. The van der Waals surface area contributed by atoms with E-state index >= 15 is 0 Å². The molecule has 3 unspecified atom stereocenters. The maximum Gasteiger partial charge on any atom is 0.251 e. The quantitative estimate of drug-likeness (QED) is 0.914. The van der Waals surface area contributed by atoms with E-state index in [4.69, 9.17) is 4.74 Å². The Kier molecular flexibility index (Phi) is 3.26. The topological polar surface area (TPSA) is 50.4 Å². The van der Waals surface area contributed by atoms with Gasteiger partial charge in [-0.05, 0) is 53.8 Å². The number of amides is 1. The molecule has 2 N–H and O–H groups in total. The third-order valence-corrected chi connectivity index (χ3v) is 4.99. The molecular weight excluding hydrogens is 276 g/mol. The standard InChI is InChI=1S/C18H20N2O2/c1-22-16-5-4-11-2-3-12(6-13(11)8-16)18(21)20-17-9-15-7-14(17)10-19-15/h2-6,8,14-15,17,19H,7,9-10H2,1H3,(H,20,21). The number of fused-ring (bicyclic) bond motifs is 3. The van der Waals surface area contributed by atoms with Crippen molar-refractivity contribution in [2.24, 2.45) is 5.92 Å². The largest absolute Gasteiger partial charge is 0.497 e. The van der Waals surface area contributed by atoms with Crippen LogP contribution in [0.15, 0.2) is 36.4 Å². The Bertz CT molecular complexity index is 728. The van der Waals surface area contributed by atoms with Crippen LogP contribution in [0.2, 0.25) is 0 Å². The molecule has 4 heteroatoms. The molecule has 4 rings (SSSR count). The highest BCUT2D eigenvalue weighted by Gasteiger charge is 2.40. The van der Waals surface area contributed by atoms with Crippen LogP contribution in [0.5, 0.6) is 5.75 Å². The van der Waals surface area contributed by atoms with Gasteiger partial charge in [0.05, 0.1) is 7.11 Å². The lowest BCUT2D eigenvalue weighted by Gasteiger charge is -2.23. The minimum Gasteiger partial charge on any atom is -0.497 e. The number of piperidine rings is 1. The van der Waals surface area contributed by atoms with Gasteiger partial charge in [-0.3, -0.25) is 4.79 Å². The van der Waals surface area contributed by atoms with Gasteiger partial charge in [0.2, 0.25) is 0 Å². The average molecular weight is 296 g/mol. The third kappa shape index (κ3) is 2.33. The fraction of sp³-hybridized carbons (Fsp3) is 0.389. The first-order valence-corrected chi connectivity index (χ1v) is 7.85. The van der Waals surface area contributed by atoms with Crippen molar-refractivity contribution < 1.29 is 9.53 Å². The minimum atomic E-state index is 0.0299. The van der Waals surface area contributed by atoms with Gasteiger partial charge in [-0.1, -0.05) is 12.1 Å². The van der Waals surface area contributed by atoms with Gasteiger partial charge in [-0.25, -0.2) is 0 Å². The summed E-state index contributed by atoms with van der Waals surface area (Å²) in [6, 6.07) is 12.7. The first kappa shape index (κ1) is 13.6. The third-order valence-electron chi connectivity index (χ3n) is 4.99. The molecule has 0 spiro atoms. The summed E-state index contributed by atoms with van der Waals surface area (Å²) in [7, 11) is 1.65. The van der Waals surface area contributed by atoms with E-state index < -0.39 is 0 Å². The molecule has 1 saturated carbocycles. The molecule has 1 amide bonds. The molecule has 2 bridgehead atoms. The van der Waals surface area contributed by atoms with E-state index in [0.29, 0.717) is 18.0 Å². The minimum absolute atomic E-state index is 0.0299. The summed E-state index contributed by atoms with van der Waals surface area (Å²) in [6.45, 7) is 1.03. The molecule has 2 aromatic carbocycles. The SMILES string of the molecule is COc1ccc2ccc(C(=O)NC3CC4CC3CN4)cc2c1. The Morgan fingerprint density at radius 2 is 2.05 bits per heavy atom. The smallest absolute Gasteiger partial charge is 0.251 e. The normalized spacial score (nSPS) is 26.3. The van der Waals surface area contributed by atoms with Crippen LogP contribution >= 0.6 is 0 Å². The highest BCUT2D eigenvalue weighted by atomic mass is 16.5. The molecule has 0 radical (unpaired) electrons. The Morgan fingerprint density at radius 1 is 1.18 bits per heavy atom. The molecule has 114 valence electrons. The van der Waals surface area contributed by atoms with Crippen LogP contribution in [-0.4, -0.2) is 31.6 Å². The molecule has 1 aliphatic carbocycles. The monoisotopic (exact) mass is 296 g/mol. The lowest BCUT2D eigenvalue weighted by molar-refractivity contribution is 0.0925. The number of hydrogen-bond donors (Lipinski definition) is 2. The van der Waals surface area contributed by atoms with Crippen molar-refractivity contribution in [1.82, 2.24) is 10.6 Å². The van der Waals surface area contributed by atoms with Gasteiger partial charge in [0.15, 0.2) is 0 Å². The van der Waals surface area contributed by atoms with E-state index in [1.807, 2.05) is 36.4 Å². The van der Waals surface area contributed by atoms with Gasteiger partial charge in [0.25, 0.3) is 5.91 Å². The fourth-order valence-electron chi connectivity index (χ4n) is 3.76. The summed E-state index contributed by atoms with van der Waals surface area (Å²) in [6.07, 6.45) is 2.25. The molecule has 2 aromatic rings. The van der Waals surface area contributed by atoms with E-state index in [1.54, 1.807) is 7.11 Å². The van der Waals surface area contributed by atoms with E-state index in [0.717, 1.165) is 35.1 Å². The zero-order chi connectivity index (χ0) is 15.1. The summed E-state index contributed by atoms with van der Waals surface area (Å²) in [5.41, 5.74) is 0.719. The molecule has 1 aliphatic heterocycles. The number of methoxy groups -OCH3 is 1. The Hall–Kier alpha value is -2.07. The van der Waals surface area contributed by atoms with Crippen molar-refractivity contribution in [3.05, 3.63) is 42.0 Å². The van der Waals surface area contributed by atoms with Crippen molar-refractivity contribution >= 4 is 16.7 Å². The molecular formula is C18H20N2O2. The van der Waals surface area contributed by atoms with Crippen molar-refractivity contribution in [3.8, 4) is 5.75 Å².